The lowest BCUT2D eigenvalue weighted by molar-refractivity contribution is 0.348. The maximum absolute atomic E-state index is 5.43. The average molecular weight is 275 g/mol. The van der Waals surface area contributed by atoms with Gasteiger partial charge in [-0.2, -0.15) is 0 Å². The second-order valence-corrected chi connectivity index (χ2v) is 3.71. The molecule has 0 fully saturated rings. The van der Waals surface area contributed by atoms with Gasteiger partial charge in [0, 0.05) is 6.20 Å². The van der Waals surface area contributed by atoms with Crippen LogP contribution in [0.2, 0.25) is 0 Å². The molecule has 0 saturated carbocycles. The Morgan fingerprint density at radius 1 is 1.75 bits per heavy atom. The van der Waals surface area contributed by atoms with Crippen LogP contribution in [0, 0.1) is 3.57 Å². The SMILES string of the molecule is C=C(C)COc1cnccc1I. The quantitative estimate of drug-likeness (QED) is 0.625. The molecule has 0 N–H and O–H groups in total. The lowest BCUT2D eigenvalue weighted by Crippen LogP contribution is -1.99. The zero-order valence-electron chi connectivity index (χ0n) is 6.88. The van der Waals surface area contributed by atoms with Gasteiger partial charge in [0.15, 0.2) is 5.75 Å². The van der Waals surface area contributed by atoms with Gasteiger partial charge in [-0.1, -0.05) is 6.58 Å². The fourth-order valence-electron chi connectivity index (χ4n) is 0.670. The van der Waals surface area contributed by atoms with E-state index in [0.717, 1.165) is 14.9 Å². The number of pyridine rings is 1. The van der Waals surface area contributed by atoms with E-state index in [0.29, 0.717) is 6.61 Å². The molecule has 3 heteroatoms. The maximum atomic E-state index is 5.43. The van der Waals surface area contributed by atoms with Gasteiger partial charge in [0.25, 0.3) is 0 Å². The number of nitrogens with zero attached hydrogens (tertiary/aromatic N) is 1. The smallest absolute Gasteiger partial charge is 0.151 e. The van der Waals surface area contributed by atoms with Crippen molar-refractivity contribution in [2.45, 2.75) is 6.92 Å². The van der Waals surface area contributed by atoms with Crippen molar-refractivity contribution in [1.82, 2.24) is 4.98 Å². The summed E-state index contributed by atoms with van der Waals surface area (Å²) in [7, 11) is 0. The summed E-state index contributed by atoms with van der Waals surface area (Å²) in [5.41, 5.74) is 1.01. The largest absolute Gasteiger partial charge is 0.487 e. The molecule has 0 radical (unpaired) electrons. The first kappa shape index (κ1) is 9.51. The number of aromatic nitrogens is 1. The fourth-order valence-corrected chi connectivity index (χ4v) is 1.13. The molecule has 1 rings (SSSR count). The number of ether oxygens (including phenoxy) is 1. The van der Waals surface area contributed by atoms with E-state index in [4.69, 9.17) is 4.74 Å². The predicted molar refractivity (Wildman–Crippen MR) is 57.3 cm³/mol. The minimum absolute atomic E-state index is 0.557. The van der Waals surface area contributed by atoms with Gasteiger partial charge in [0.05, 0.1) is 9.77 Å². The molecule has 0 aromatic carbocycles. The van der Waals surface area contributed by atoms with Crippen LogP contribution < -0.4 is 4.74 Å². The van der Waals surface area contributed by atoms with Crippen molar-refractivity contribution in [2.24, 2.45) is 0 Å². The molecule has 0 aliphatic carbocycles. The van der Waals surface area contributed by atoms with Crippen LogP contribution in [0.5, 0.6) is 5.75 Å². The van der Waals surface area contributed by atoms with E-state index >= 15 is 0 Å². The van der Waals surface area contributed by atoms with Gasteiger partial charge < -0.3 is 4.74 Å². The fraction of sp³-hybridized carbons (Fsp3) is 0.222. The molecule has 0 spiro atoms. The third kappa shape index (κ3) is 2.81. The summed E-state index contributed by atoms with van der Waals surface area (Å²) < 4.78 is 6.50. The molecule has 64 valence electrons. The van der Waals surface area contributed by atoms with E-state index in [1.54, 1.807) is 12.4 Å². The highest BCUT2D eigenvalue weighted by molar-refractivity contribution is 14.1. The molecule has 2 nitrogen and oxygen atoms in total. The van der Waals surface area contributed by atoms with Gasteiger partial charge in [-0.05, 0) is 41.2 Å². The lowest BCUT2D eigenvalue weighted by atomic mass is 10.4. The summed E-state index contributed by atoms with van der Waals surface area (Å²) in [5, 5.41) is 0. The molecular formula is C9H10INO. The number of halogens is 1. The molecule has 0 bridgehead atoms. The third-order valence-electron chi connectivity index (χ3n) is 1.21. The van der Waals surface area contributed by atoms with Crippen LogP contribution in [0.1, 0.15) is 6.92 Å². The van der Waals surface area contributed by atoms with Crippen molar-refractivity contribution in [1.29, 1.82) is 0 Å². The van der Waals surface area contributed by atoms with Crippen molar-refractivity contribution in [3.8, 4) is 5.75 Å². The molecule has 0 unspecified atom stereocenters. The highest BCUT2D eigenvalue weighted by atomic mass is 127. The number of hydrogen-bond acceptors (Lipinski definition) is 2. The molecule has 1 aromatic heterocycles. The molecular weight excluding hydrogens is 265 g/mol. The summed E-state index contributed by atoms with van der Waals surface area (Å²) in [6, 6.07) is 1.91. The molecule has 0 aliphatic rings. The summed E-state index contributed by atoms with van der Waals surface area (Å²) in [6.07, 6.45) is 3.46. The normalized spacial score (nSPS) is 9.50. The first-order chi connectivity index (χ1) is 5.70. The Morgan fingerprint density at radius 3 is 3.08 bits per heavy atom. The summed E-state index contributed by atoms with van der Waals surface area (Å²) in [4.78, 5) is 3.96. The zero-order chi connectivity index (χ0) is 8.97. The summed E-state index contributed by atoms with van der Waals surface area (Å²) in [6.45, 7) is 6.24. The summed E-state index contributed by atoms with van der Waals surface area (Å²) >= 11 is 2.21. The van der Waals surface area contributed by atoms with Gasteiger partial charge in [-0.15, -0.1) is 0 Å². The standard InChI is InChI=1S/C9H10INO/c1-7(2)6-12-9-5-11-4-3-8(9)10/h3-5H,1,6H2,2H3. The Morgan fingerprint density at radius 2 is 2.50 bits per heavy atom. The van der Waals surface area contributed by atoms with Gasteiger partial charge >= 0.3 is 0 Å². The molecule has 12 heavy (non-hydrogen) atoms. The van der Waals surface area contributed by atoms with Gasteiger partial charge in [-0.3, -0.25) is 4.98 Å². The van der Waals surface area contributed by atoms with Crippen LogP contribution in [-0.2, 0) is 0 Å². The first-order valence-corrected chi connectivity index (χ1v) is 4.64. The Bertz CT molecular complexity index is 286. The van der Waals surface area contributed by atoms with Crippen molar-refractivity contribution in [2.75, 3.05) is 6.61 Å². The second-order valence-electron chi connectivity index (χ2n) is 2.55. The Labute approximate surface area is 85.8 Å². The van der Waals surface area contributed by atoms with Crippen LogP contribution in [-0.4, -0.2) is 11.6 Å². The Kier molecular flexibility index (Phi) is 3.52. The highest BCUT2D eigenvalue weighted by Crippen LogP contribution is 2.18. The Balaban J connectivity index is 2.63. The van der Waals surface area contributed by atoms with Crippen molar-refractivity contribution >= 4 is 22.6 Å². The monoisotopic (exact) mass is 275 g/mol. The molecule has 0 amide bonds. The van der Waals surface area contributed by atoms with Crippen LogP contribution in [0.4, 0.5) is 0 Å². The van der Waals surface area contributed by atoms with E-state index in [1.807, 2.05) is 13.0 Å². The van der Waals surface area contributed by atoms with Crippen LogP contribution in [0.15, 0.2) is 30.6 Å². The second kappa shape index (κ2) is 4.45. The van der Waals surface area contributed by atoms with E-state index in [9.17, 15) is 0 Å². The highest BCUT2D eigenvalue weighted by Gasteiger charge is 1.98. The molecule has 1 heterocycles. The lowest BCUT2D eigenvalue weighted by Gasteiger charge is -2.05. The third-order valence-corrected chi connectivity index (χ3v) is 2.10. The van der Waals surface area contributed by atoms with Crippen molar-refractivity contribution in [3.63, 3.8) is 0 Å². The van der Waals surface area contributed by atoms with Crippen molar-refractivity contribution < 1.29 is 4.74 Å². The van der Waals surface area contributed by atoms with Crippen molar-refractivity contribution in [3.05, 3.63) is 34.2 Å². The average Bonchev–Trinajstić information content (AvgIpc) is 2.03. The predicted octanol–water partition coefficient (Wildman–Crippen LogP) is 2.64. The zero-order valence-corrected chi connectivity index (χ0v) is 9.04. The first-order valence-electron chi connectivity index (χ1n) is 3.57. The number of rotatable bonds is 3. The summed E-state index contributed by atoms with van der Waals surface area (Å²) in [5.74, 6) is 0.820. The van der Waals surface area contributed by atoms with Crippen LogP contribution in [0.25, 0.3) is 0 Å². The van der Waals surface area contributed by atoms with Gasteiger partial charge in [0.1, 0.15) is 6.61 Å². The molecule has 0 saturated heterocycles. The van der Waals surface area contributed by atoms with E-state index in [-0.39, 0.29) is 0 Å². The van der Waals surface area contributed by atoms with E-state index in [1.165, 1.54) is 0 Å². The van der Waals surface area contributed by atoms with Gasteiger partial charge in [-0.25, -0.2) is 0 Å². The van der Waals surface area contributed by atoms with Crippen LogP contribution in [0.3, 0.4) is 0 Å². The number of hydrogen-bond donors (Lipinski definition) is 0. The van der Waals surface area contributed by atoms with Crippen LogP contribution >= 0.6 is 22.6 Å². The van der Waals surface area contributed by atoms with Gasteiger partial charge in [0.2, 0.25) is 0 Å². The Hall–Kier alpha value is -0.580. The van der Waals surface area contributed by atoms with E-state index in [2.05, 4.69) is 34.2 Å². The topological polar surface area (TPSA) is 22.1 Å². The maximum Gasteiger partial charge on any atom is 0.151 e. The minimum atomic E-state index is 0.557. The molecule has 1 aromatic rings. The van der Waals surface area contributed by atoms with E-state index < -0.39 is 0 Å². The molecule has 0 atom stereocenters. The minimum Gasteiger partial charge on any atom is -0.487 e. The molecule has 0 aliphatic heterocycles.